The Morgan fingerprint density at radius 3 is 2.47 bits per heavy atom. The highest BCUT2D eigenvalue weighted by Gasteiger charge is 2.32. The Labute approximate surface area is 220 Å². The molecule has 1 saturated heterocycles. The van der Waals surface area contributed by atoms with Gasteiger partial charge in [-0.25, -0.2) is 18.5 Å². The van der Waals surface area contributed by atoms with Gasteiger partial charge in [0.15, 0.2) is 5.76 Å². The van der Waals surface area contributed by atoms with Crippen LogP contribution in [0.1, 0.15) is 24.3 Å². The molecule has 196 valence electrons. The van der Waals surface area contributed by atoms with E-state index in [1.54, 1.807) is 42.7 Å². The first-order valence-corrected chi connectivity index (χ1v) is 13.6. The molecule has 0 atom stereocenters. The number of nitrogens with zero attached hydrogens (tertiary/aromatic N) is 2. The van der Waals surface area contributed by atoms with Gasteiger partial charge in [-0.1, -0.05) is 30.3 Å². The van der Waals surface area contributed by atoms with E-state index in [-0.39, 0.29) is 11.5 Å². The van der Waals surface area contributed by atoms with Crippen molar-refractivity contribution in [3.8, 4) is 28.3 Å². The Bertz CT molecular complexity index is 1530. The minimum absolute atomic E-state index is 0.0155. The first-order valence-electron chi connectivity index (χ1n) is 12.1. The van der Waals surface area contributed by atoms with Crippen LogP contribution in [0.5, 0.6) is 5.75 Å². The van der Waals surface area contributed by atoms with Crippen LogP contribution in [-0.2, 0) is 20.4 Å². The maximum absolute atomic E-state index is 11.6. The summed E-state index contributed by atoms with van der Waals surface area (Å²) in [5.41, 5.74) is 1.88. The molecule has 2 aromatic carbocycles. The molecule has 1 aliphatic rings. The molecule has 0 spiro atoms. The maximum Gasteiger partial charge on any atom is 0.238 e. The molecule has 10 heteroatoms. The second-order valence-electron chi connectivity index (χ2n) is 8.93. The summed E-state index contributed by atoms with van der Waals surface area (Å²) in [4.78, 5) is 8.88. The van der Waals surface area contributed by atoms with Crippen molar-refractivity contribution in [2.75, 3.05) is 19.8 Å². The number of oxazole rings is 1. The number of aliphatic hydroxyl groups is 1. The summed E-state index contributed by atoms with van der Waals surface area (Å²) >= 11 is 0. The normalized spacial score (nSPS) is 15.5. The quantitative estimate of drug-likeness (QED) is 0.345. The van der Waals surface area contributed by atoms with Crippen LogP contribution in [0.4, 0.5) is 0 Å². The van der Waals surface area contributed by atoms with Gasteiger partial charge < -0.3 is 19.0 Å². The standard InChI is InChI=1S/C28H27N3O6S/c29-38(33,34)24-10-8-21(9-11-24)27-26(20-5-2-1-3-6-20)31-25(37-27)7-4-14-36-23-17-22(18-30-19-23)28(32)12-15-35-16-13-28/h1-11,17-19,32H,12-16H2,(H2,29,33,34). The number of ether oxygens (including phenoxy) is 2. The lowest BCUT2D eigenvalue weighted by molar-refractivity contribution is -0.0682. The first kappa shape index (κ1) is 25.8. The smallest absolute Gasteiger partial charge is 0.238 e. The van der Waals surface area contributed by atoms with Crippen molar-refractivity contribution < 1.29 is 27.4 Å². The lowest BCUT2D eigenvalue weighted by atomic mass is 9.87. The highest BCUT2D eigenvalue weighted by atomic mass is 32.2. The number of hydrogen-bond acceptors (Lipinski definition) is 8. The second-order valence-corrected chi connectivity index (χ2v) is 10.5. The number of sulfonamides is 1. The van der Waals surface area contributed by atoms with Crippen LogP contribution in [0.2, 0.25) is 0 Å². The summed E-state index contributed by atoms with van der Waals surface area (Å²) in [6.07, 6.45) is 7.76. The summed E-state index contributed by atoms with van der Waals surface area (Å²) in [5, 5.41) is 16.1. The van der Waals surface area contributed by atoms with Crippen molar-refractivity contribution in [2.45, 2.75) is 23.3 Å². The zero-order valence-electron chi connectivity index (χ0n) is 20.5. The lowest BCUT2D eigenvalue weighted by Crippen LogP contribution is -2.33. The van der Waals surface area contributed by atoms with Gasteiger partial charge >= 0.3 is 0 Å². The van der Waals surface area contributed by atoms with Crippen molar-refractivity contribution in [3.05, 3.63) is 90.6 Å². The fourth-order valence-corrected chi connectivity index (χ4v) is 4.75. The van der Waals surface area contributed by atoms with Crippen molar-refractivity contribution in [2.24, 2.45) is 5.14 Å². The van der Waals surface area contributed by atoms with Crippen molar-refractivity contribution in [1.29, 1.82) is 0 Å². The van der Waals surface area contributed by atoms with E-state index in [4.69, 9.17) is 19.0 Å². The van der Waals surface area contributed by atoms with E-state index in [1.165, 1.54) is 12.1 Å². The van der Waals surface area contributed by atoms with Gasteiger partial charge in [0.25, 0.3) is 0 Å². The number of rotatable bonds is 8. The summed E-state index contributed by atoms with van der Waals surface area (Å²) in [6.45, 7) is 1.24. The van der Waals surface area contributed by atoms with E-state index in [0.717, 1.165) is 5.56 Å². The van der Waals surface area contributed by atoms with E-state index in [2.05, 4.69) is 9.97 Å². The molecule has 0 radical (unpaired) electrons. The molecule has 38 heavy (non-hydrogen) atoms. The molecular formula is C28H27N3O6S. The third-order valence-electron chi connectivity index (χ3n) is 6.31. The molecule has 2 aromatic heterocycles. The van der Waals surface area contributed by atoms with E-state index >= 15 is 0 Å². The van der Waals surface area contributed by atoms with Crippen LogP contribution in [-0.4, -0.2) is 43.3 Å². The molecule has 4 aromatic rings. The fraction of sp³-hybridized carbons (Fsp3) is 0.214. The van der Waals surface area contributed by atoms with Crippen LogP contribution >= 0.6 is 0 Å². The molecule has 0 amide bonds. The Hall–Kier alpha value is -3.83. The zero-order chi connectivity index (χ0) is 26.6. The van der Waals surface area contributed by atoms with Gasteiger partial charge in [0.05, 0.1) is 16.7 Å². The largest absolute Gasteiger partial charge is 0.488 e. The average molecular weight is 534 g/mol. The van der Waals surface area contributed by atoms with Crippen LogP contribution in [0.25, 0.3) is 28.7 Å². The van der Waals surface area contributed by atoms with Crippen LogP contribution in [0.15, 0.2) is 88.4 Å². The molecule has 1 fully saturated rings. The second kappa shape index (κ2) is 10.9. The van der Waals surface area contributed by atoms with Gasteiger partial charge in [-0.05, 0) is 36.4 Å². The van der Waals surface area contributed by atoms with Gasteiger partial charge in [0.1, 0.15) is 18.1 Å². The number of nitrogens with two attached hydrogens (primary N) is 1. The maximum atomic E-state index is 11.6. The van der Waals surface area contributed by atoms with Gasteiger partial charge in [0.2, 0.25) is 15.9 Å². The molecule has 0 bridgehead atoms. The molecule has 1 aliphatic heterocycles. The van der Waals surface area contributed by atoms with E-state index < -0.39 is 15.6 Å². The lowest BCUT2D eigenvalue weighted by Gasteiger charge is -2.32. The highest BCUT2D eigenvalue weighted by Crippen LogP contribution is 2.34. The van der Waals surface area contributed by atoms with E-state index in [9.17, 15) is 13.5 Å². The van der Waals surface area contributed by atoms with Gasteiger partial charge in [-0.2, -0.15) is 0 Å². The number of primary sulfonamides is 1. The fourth-order valence-electron chi connectivity index (χ4n) is 4.23. The predicted molar refractivity (Wildman–Crippen MR) is 141 cm³/mol. The van der Waals surface area contributed by atoms with Gasteiger partial charge in [-0.15, -0.1) is 0 Å². The minimum atomic E-state index is -3.80. The summed E-state index contributed by atoms with van der Waals surface area (Å²) in [7, 11) is -3.80. The Morgan fingerprint density at radius 2 is 1.76 bits per heavy atom. The third kappa shape index (κ3) is 5.84. The molecule has 0 aliphatic carbocycles. The number of pyridine rings is 1. The highest BCUT2D eigenvalue weighted by molar-refractivity contribution is 7.89. The van der Waals surface area contributed by atoms with Crippen LogP contribution in [0, 0.1) is 0 Å². The number of aromatic nitrogens is 2. The number of hydrogen-bond donors (Lipinski definition) is 2. The third-order valence-corrected chi connectivity index (χ3v) is 7.24. The summed E-state index contributed by atoms with van der Waals surface area (Å²) in [5.74, 6) is 1.40. The Balaban J connectivity index is 1.34. The molecule has 9 nitrogen and oxygen atoms in total. The van der Waals surface area contributed by atoms with E-state index in [0.29, 0.717) is 60.3 Å². The van der Waals surface area contributed by atoms with Crippen molar-refractivity contribution >= 4 is 16.1 Å². The van der Waals surface area contributed by atoms with Gasteiger partial charge in [0, 0.05) is 55.0 Å². The van der Waals surface area contributed by atoms with Crippen LogP contribution < -0.4 is 9.88 Å². The van der Waals surface area contributed by atoms with Crippen molar-refractivity contribution in [1.82, 2.24) is 9.97 Å². The molecular weight excluding hydrogens is 506 g/mol. The Kier molecular flexibility index (Phi) is 7.39. The summed E-state index contributed by atoms with van der Waals surface area (Å²) < 4.78 is 40.5. The van der Waals surface area contributed by atoms with Gasteiger partial charge in [-0.3, -0.25) is 4.98 Å². The molecule has 3 N–H and O–H groups in total. The SMILES string of the molecule is NS(=O)(=O)c1ccc(-c2oc(C=CCOc3cncc(C4(O)CCOCC4)c3)nc2-c2ccccc2)cc1. The summed E-state index contributed by atoms with van der Waals surface area (Å²) in [6, 6.07) is 17.5. The molecule has 0 saturated carbocycles. The number of benzene rings is 2. The minimum Gasteiger partial charge on any atom is -0.488 e. The van der Waals surface area contributed by atoms with E-state index in [1.807, 2.05) is 30.3 Å². The topological polar surface area (TPSA) is 138 Å². The van der Waals surface area contributed by atoms with Crippen LogP contribution in [0.3, 0.4) is 0 Å². The molecule has 0 unspecified atom stereocenters. The Morgan fingerprint density at radius 1 is 1.03 bits per heavy atom. The predicted octanol–water partition coefficient (Wildman–Crippen LogP) is 4.14. The molecule has 3 heterocycles. The average Bonchev–Trinajstić information content (AvgIpc) is 3.36. The zero-order valence-corrected chi connectivity index (χ0v) is 21.3. The first-order chi connectivity index (χ1) is 18.3. The monoisotopic (exact) mass is 533 g/mol. The molecule has 5 rings (SSSR count). The van der Waals surface area contributed by atoms with Crippen molar-refractivity contribution in [3.63, 3.8) is 0 Å².